The van der Waals surface area contributed by atoms with E-state index < -0.39 is 11.1 Å². The molecule has 0 N–H and O–H groups in total. The summed E-state index contributed by atoms with van der Waals surface area (Å²) in [5, 5.41) is -0.456. The molecule has 1 heterocycles. The van der Waals surface area contributed by atoms with Crippen LogP contribution in [0.4, 0.5) is 4.79 Å². The van der Waals surface area contributed by atoms with E-state index in [1.54, 1.807) is 4.90 Å². The molecule has 0 aromatic rings. The first-order valence-electron chi connectivity index (χ1n) is 3.91. The van der Waals surface area contributed by atoms with E-state index in [9.17, 15) is 4.79 Å². The van der Waals surface area contributed by atoms with E-state index in [4.69, 9.17) is 16.3 Å². The Balaban J connectivity index is 2.96. The van der Waals surface area contributed by atoms with Gasteiger partial charge in [-0.25, -0.2) is 0 Å². The molecule has 0 saturated carbocycles. The van der Waals surface area contributed by atoms with Gasteiger partial charge in [0.05, 0.1) is 12.1 Å². The first-order valence-corrected chi connectivity index (χ1v) is 4.29. The molecule has 3 nitrogen and oxygen atoms in total. The van der Waals surface area contributed by atoms with E-state index in [1.165, 1.54) is 0 Å². The molecule has 0 radical (unpaired) electrons. The van der Waals surface area contributed by atoms with Crippen molar-refractivity contribution < 1.29 is 9.53 Å². The second-order valence-corrected chi connectivity index (χ2v) is 4.46. The Morgan fingerprint density at radius 2 is 1.92 bits per heavy atom. The Kier molecular flexibility index (Phi) is 2.13. The maximum Gasteiger partial charge on any atom is 0.319 e. The van der Waals surface area contributed by atoms with Crippen LogP contribution < -0.4 is 0 Å². The maximum absolute atomic E-state index is 11.1. The lowest BCUT2D eigenvalue weighted by atomic mass is 10.1. The molecule has 70 valence electrons. The largest absolute Gasteiger partial charge is 0.354 e. The zero-order valence-electron chi connectivity index (χ0n) is 7.85. The predicted octanol–water partition coefficient (Wildman–Crippen LogP) is 2.19. The third-order valence-corrected chi connectivity index (χ3v) is 2.27. The van der Waals surface area contributed by atoms with Crippen molar-refractivity contribution in [3.63, 3.8) is 0 Å². The van der Waals surface area contributed by atoms with E-state index in [0.29, 0.717) is 6.61 Å². The smallest absolute Gasteiger partial charge is 0.319 e. The van der Waals surface area contributed by atoms with E-state index in [-0.39, 0.29) is 5.54 Å². The van der Waals surface area contributed by atoms with Crippen molar-refractivity contribution in [1.29, 1.82) is 0 Å². The fourth-order valence-corrected chi connectivity index (χ4v) is 2.09. The zero-order valence-corrected chi connectivity index (χ0v) is 8.60. The molecular weight excluding hydrogens is 178 g/mol. The third kappa shape index (κ3) is 1.43. The van der Waals surface area contributed by atoms with Crippen LogP contribution in [-0.2, 0) is 4.74 Å². The van der Waals surface area contributed by atoms with Gasteiger partial charge in [0, 0.05) is 0 Å². The van der Waals surface area contributed by atoms with Gasteiger partial charge in [-0.05, 0) is 39.3 Å². The standard InChI is InChI=1S/C8H14ClNO2/c1-7(2)5-12-8(3,4)10(7)6(9)11/h5H2,1-4H3. The maximum atomic E-state index is 11.1. The Hall–Kier alpha value is -0.280. The Bertz CT molecular complexity index is 197. The molecule has 1 aliphatic rings. The van der Waals surface area contributed by atoms with Crippen LogP contribution in [0.3, 0.4) is 0 Å². The summed E-state index contributed by atoms with van der Waals surface area (Å²) in [7, 11) is 0. The molecule has 1 aliphatic heterocycles. The number of ether oxygens (including phenoxy) is 1. The van der Waals surface area contributed by atoms with Gasteiger partial charge < -0.3 is 4.74 Å². The zero-order chi connectivity index (χ0) is 9.57. The summed E-state index contributed by atoms with van der Waals surface area (Å²) in [6.45, 7) is 8.06. The van der Waals surface area contributed by atoms with Crippen LogP contribution in [0.2, 0.25) is 0 Å². The number of hydrogen-bond acceptors (Lipinski definition) is 2. The Morgan fingerprint density at radius 3 is 2.08 bits per heavy atom. The highest BCUT2D eigenvalue weighted by Gasteiger charge is 2.48. The second-order valence-electron chi connectivity index (χ2n) is 4.14. The quantitative estimate of drug-likeness (QED) is 0.434. The molecule has 0 unspecified atom stereocenters. The molecule has 0 spiro atoms. The first kappa shape index (κ1) is 9.81. The number of amides is 1. The van der Waals surface area contributed by atoms with E-state index in [0.717, 1.165) is 0 Å². The van der Waals surface area contributed by atoms with Gasteiger partial charge in [-0.1, -0.05) is 0 Å². The number of carbonyl (C=O) groups is 1. The fourth-order valence-electron chi connectivity index (χ4n) is 1.66. The van der Waals surface area contributed by atoms with Gasteiger partial charge in [-0.3, -0.25) is 9.69 Å². The third-order valence-electron chi connectivity index (χ3n) is 2.10. The molecule has 0 aromatic heterocycles. The Labute approximate surface area is 77.6 Å². The molecule has 0 aliphatic carbocycles. The molecule has 1 rings (SSSR count). The van der Waals surface area contributed by atoms with Crippen LogP contribution in [0, 0.1) is 0 Å². The van der Waals surface area contributed by atoms with Crippen LogP contribution >= 0.6 is 11.6 Å². The summed E-state index contributed by atoms with van der Waals surface area (Å²) in [6, 6.07) is 0. The molecule has 0 aromatic carbocycles. The monoisotopic (exact) mass is 191 g/mol. The van der Waals surface area contributed by atoms with Crippen LogP contribution in [0.1, 0.15) is 27.7 Å². The average Bonchev–Trinajstić information content (AvgIpc) is 2.01. The molecule has 1 saturated heterocycles. The van der Waals surface area contributed by atoms with Crippen molar-refractivity contribution in [3.8, 4) is 0 Å². The van der Waals surface area contributed by atoms with Gasteiger partial charge in [-0.15, -0.1) is 0 Å². The van der Waals surface area contributed by atoms with Crippen LogP contribution in [0.25, 0.3) is 0 Å². The minimum Gasteiger partial charge on any atom is -0.354 e. The number of hydrogen-bond donors (Lipinski definition) is 0. The first-order chi connectivity index (χ1) is 5.27. The van der Waals surface area contributed by atoms with Gasteiger partial charge in [0.2, 0.25) is 0 Å². The molecule has 1 amide bonds. The molecule has 12 heavy (non-hydrogen) atoms. The lowest BCUT2D eigenvalue weighted by Crippen LogP contribution is -2.50. The summed E-state index contributed by atoms with van der Waals surface area (Å²) in [4.78, 5) is 12.6. The number of carbonyl (C=O) groups excluding carboxylic acids is 1. The summed E-state index contributed by atoms with van der Waals surface area (Å²) in [5.74, 6) is 0. The minimum absolute atomic E-state index is 0.303. The summed E-state index contributed by atoms with van der Waals surface area (Å²) in [5.41, 5.74) is -0.884. The van der Waals surface area contributed by atoms with Crippen molar-refractivity contribution in [3.05, 3.63) is 0 Å². The SMILES string of the molecule is CC1(C)COC(C)(C)N1C(=O)Cl. The predicted molar refractivity (Wildman–Crippen MR) is 47.2 cm³/mol. The average molecular weight is 192 g/mol. The highest BCUT2D eigenvalue weighted by Crippen LogP contribution is 2.35. The second kappa shape index (κ2) is 2.60. The minimum atomic E-state index is -0.581. The molecule has 4 heteroatoms. The van der Waals surface area contributed by atoms with Crippen molar-refractivity contribution in [2.45, 2.75) is 39.0 Å². The van der Waals surface area contributed by atoms with Gasteiger partial charge >= 0.3 is 5.37 Å². The van der Waals surface area contributed by atoms with Gasteiger partial charge in [-0.2, -0.15) is 0 Å². The summed E-state index contributed by atoms with van der Waals surface area (Å²) in [6.07, 6.45) is 0. The molecular formula is C8H14ClNO2. The van der Waals surface area contributed by atoms with Crippen molar-refractivity contribution in [2.24, 2.45) is 0 Å². The van der Waals surface area contributed by atoms with Crippen molar-refractivity contribution >= 4 is 17.0 Å². The molecule has 0 bridgehead atoms. The number of halogens is 1. The van der Waals surface area contributed by atoms with E-state index >= 15 is 0 Å². The highest BCUT2D eigenvalue weighted by atomic mass is 35.5. The summed E-state index contributed by atoms with van der Waals surface area (Å²) >= 11 is 5.46. The van der Waals surface area contributed by atoms with E-state index in [2.05, 4.69) is 0 Å². The molecule has 1 fully saturated rings. The van der Waals surface area contributed by atoms with Crippen LogP contribution in [-0.4, -0.2) is 28.1 Å². The lowest BCUT2D eigenvalue weighted by molar-refractivity contribution is -0.0301. The topological polar surface area (TPSA) is 29.5 Å². The van der Waals surface area contributed by atoms with Crippen molar-refractivity contribution in [2.75, 3.05) is 6.61 Å². The normalized spacial score (nSPS) is 25.9. The highest BCUT2D eigenvalue weighted by molar-refractivity contribution is 6.63. The Morgan fingerprint density at radius 1 is 1.42 bits per heavy atom. The number of rotatable bonds is 0. The van der Waals surface area contributed by atoms with Crippen molar-refractivity contribution in [1.82, 2.24) is 4.90 Å². The van der Waals surface area contributed by atoms with Gasteiger partial charge in [0.15, 0.2) is 0 Å². The van der Waals surface area contributed by atoms with Gasteiger partial charge in [0.25, 0.3) is 0 Å². The fraction of sp³-hybridized carbons (Fsp3) is 0.875. The number of nitrogens with zero attached hydrogens (tertiary/aromatic N) is 1. The van der Waals surface area contributed by atoms with Crippen LogP contribution in [0.15, 0.2) is 0 Å². The lowest BCUT2D eigenvalue weighted by Gasteiger charge is -2.35. The molecule has 0 atom stereocenters. The van der Waals surface area contributed by atoms with Gasteiger partial charge in [0.1, 0.15) is 5.72 Å². The van der Waals surface area contributed by atoms with Crippen LogP contribution in [0.5, 0.6) is 0 Å². The van der Waals surface area contributed by atoms with E-state index in [1.807, 2.05) is 27.7 Å². The summed E-state index contributed by atoms with van der Waals surface area (Å²) < 4.78 is 5.45.